The molecule has 0 unspecified atom stereocenters. The Morgan fingerprint density at radius 2 is 1.88 bits per heavy atom. The number of hydrogen-bond donors (Lipinski definition) is 0. The molecule has 122 valence electrons. The van der Waals surface area contributed by atoms with Gasteiger partial charge in [-0.05, 0) is 43.3 Å². The lowest BCUT2D eigenvalue weighted by Crippen LogP contribution is -2.01. The molecule has 0 spiro atoms. The number of Topliss-reactive ketones (excluding diaryl/α,β-unsaturated/α-hetero) is 1. The van der Waals surface area contributed by atoms with Crippen LogP contribution in [0.5, 0.6) is 11.5 Å². The van der Waals surface area contributed by atoms with Crippen LogP contribution < -0.4 is 9.47 Å². The summed E-state index contributed by atoms with van der Waals surface area (Å²) in [7, 11) is 1.65. The van der Waals surface area contributed by atoms with E-state index < -0.39 is 0 Å². The standard InChI is InChI=1S/C19H17NO3S/c1-13(21)17-5-3-4-6-18(17)23-11-15-12-24-19(20-15)14-7-9-16(22-2)10-8-14/h3-10,12H,11H2,1-2H3. The molecule has 0 saturated heterocycles. The molecule has 24 heavy (non-hydrogen) atoms. The number of ether oxygens (including phenoxy) is 2. The van der Waals surface area contributed by atoms with Crippen LogP contribution in [0, 0.1) is 0 Å². The molecule has 0 radical (unpaired) electrons. The summed E-state index contributed by atoms with van der Waals surface area (Å²) in [4.78, 5) is 16.2. The molecule has 0 aliphatic carbocycles. The van der Waals surface area contributed by atoms with E-state index >= 15 is 0 Å². The molecule has 0 atom stereocenters. The zero-order chi connectivity index (χ0) is 16.9. The lowest BCUT2D eigenvalue weighted by atomic mass is 10.1. The Bertz CT molecular complexity index is 840. The first-order valence-corrected chi connectivity index (χ1v) is 8.37. The Morgan fingerprint density at radius 1 is 1.12 bits per heavy atom. The quantitative estimate of drug-likeness (QED) is 0.616. The lowest BCUT2D eigenvalue weighted by Gasteiger charge is -2.08. The third-order valence-corrected chi connectivity index (χ3v) is 4.47. The molecular weight excluding hydrogens is 322 g/mol. The molecule has 0 aliphatic rings. The molecule has 0 aliphatic heterocycles. The lowest BCUT2D eigenvalue weighted by molar-refractivity contribution is 0.101. The minimum atomic E-state index is -0.0113. The van der Waals surface area contributed by atoms with Crippen LogP contribution in [0.15, 0.2) is 53.9 Å². The van der Waals surface area contributed by atoms with Crippen LogP contribution in [-0.2, 0) is 6.61 Å². The molecule has 0 amide bonds. The minimum Gasteiger partial charge on any atom is -0.497 e. The van der Waals surface area contributed by atoms with Gasteiger partial charge in [0.15, 0.2) is 5.78 Å². The van der Waals surface area contributed by atoms with Gasteiger partial charge in [-0.2, -0.15) is 0 Å². The fraction of sp³-hybridized carbons (Fsp3) is 0.158. The number of ketones is 1. The molecule has 1 heterocycles. The molecule has 3 aromatic rings. The Morgan fingerprint density at radius 3 is 2.58 bits per heavy atom. The summed E-state index contributed by atoms with van der Waals surface area (Å²) in [6, 6.07) is 15.0. The first kappa shape index (κ1) is 16.2. The number of nitrogens with zero attached hydrogens (tertiary/aromatic N) is 1. The Labute approximate surface area is 144 Å². The predicted octanol–water partition coefficient (Wildman–Crippen LogP) is 4.60. The first-order valence-electron chi connectivity index (χ1n) is 7.49. The van der Waals surface area contributed by atoms with Crippen molar-refractivity contribution in [2.24, 2.45) is 0 Å². The van der Waals surface area contributed by atoms with E-state index in [1.807, 2.05) is 41.8 Å². The maximum atomic E-state index is 11.6. The fourth-order valence-electron chi connectivity index (χ4n) is 2.27. The van der Waals surface area contributed by atoms with Crippen LogP contribution >= 0.6 is 11.3 Å². The van der Waals surface area contributed by atoms with Gasteiger partial charge in [-0.15, -0.1) is 11.3 Å². The topological polar surface area (TPSA) is 48.4 Å². The van der Waals surface area contributed by atoms with Crippen LogP contribution in [0.1, 0.15) is 23.0 Å². The van der Waals surface area contributed by atoms with E-state index in [1.54, 1.807) is 30.6 Å². The monoisotopic (exact) mass is 339 g/mol. The average molecular weight is 339 g/mol. The minimum absolute atomic E-state index is 0.0113. The number of carbonyl (C=O) groups excluding carboxylic acids is 1. The van der Waals surface area contributed by atoms with Crippen LogP contribution in [-0.4, -0.2) is 17.9 Å². The summed E-state index contributed by atoms with van der Waals surface area (Å²) in [6.07, 6.45) is 0. The summed E-state index contributed by atoms with van der Waals surface area (Å²) in [6.45, 7) is 1.86. The second kappa shape index (κ2) is 7.27. The first-order chi connectivity index (χ1) is 11.7. The van der Waals surface area contributed by atoms with Crippen molar-refractivity contribution in [3.05, 3.63) is 65.2 Å². The van der Waals surface area contributed by atoms with Crippen LogP contribution in [0.4, 0.5) is 0 Å². The number of hydrogen-bond acceptors (Lipinski definition) is 5. The van der Waals surface area contributed by atoms with Crippen molar-refractivity contribution in [1.29, 1.82) is 0 Å². The summed E-state index contributed by atoms with van der Waals surface area (Å²) in [5.74, 6) is 1.39. The SMILES string of the molecule is COc1ccc(-c2nc(COc3ccccc3C(C)=O)cs2)cc1. The zero-order valence-electron chi connectivity index (χ0n) is 13.5. The van der Waals surface area contributed by atoms with E-state index in [9.17, 15) is 4.79 Å². The van der Waals surface area contributed by atoms with Gasteiger partial charge < -0.3 is 9.47 Å². The van der Waals surface area contributed by atoms with Crippen molar-refractivity contribution < 1.29 is 14.3 Å². The van der Waals surface area contributed by atoms with Crippen molar-refractivity contribution >= 4 is 17.1 Å². The van der Waals surface area contributed by atoms with Gasteiger partial charge in [-0.3, -0.25) is 4.79 Å². The van der Waals surface area contributed by atoms with Gasteiger partial charge in [0.1, 0.15) is 23.1 Å². The van der Waals surface area contributed by atoms with Crippen LogP contribution in [0.25, 0.3) is 10.6 Å². The molecule has 4 nitrogen and oxygen atoms in total. The van der Waals surface area contributed by atoms with Crippen molar-refractivity contribution in [1.82, 2.24) is 4.98 Å². The Hall–Kier alpha value is -2.66. The van der Waals surface area contributed by atoms with Crippen molar-refractivity contribution in [2.45, 2.75) is 13.5 Å². The van der Waals surface area contributed by atoms with E-state index in [-0.39, 0.29) is 5.78 Å². The summed E-state index contributed by atoms with van der Waals surface area (Å²) in [5, 5.41) is 2.90. The van der Waals surface area contributed by atoms with E-state index in [0.29, 0.717) is 17.9 Å². The largest absolute Gasteiger partial charge is 0.497 e. The van der Waals surface area contributed by atoms with Crippen molar-refractivity contribution in [2.75, 3.05) is 7.11 Å². The average Bonchev–Trinajstić information content (AvgIpc) is 3.09. The van der Waals surface area contributed by atoms with Gasteiger partial charge >= 0.3 is 0 Å². The Balaban J connectivity index is 1.71. The van der Waals surface area contributed by atoms with E-state index in [1.165, 1.54) is 6.92 Å². The number of rotatable bonds is 6. The second-order valence-electron chi connectivity index (χ2n) is 5.21. The summed E-state index contributed by atoms with van der Waals surface area (Å²) < 4.78 is 10.9. The molecular formula is C19H17NO3S. The molecule has 5 heteroatoms. The van der Waals surface area contributed by atoms with E-state index in [0.717, 1.165) is 22.0 Å². The highest BCUT2D eigenvalue weighted by molar-refractivity contribution is 7.13. The number of carbonyl (C=O) groups is 1. The third kappa shape index (κ3) is 3.63. The highest BCUT2D eigenvalue weighted by Gasteiger charge is 2.09. The van der Waals surface area contributed by atoms with Crippen molar-refractivity contribution in [3.63, 3.8) is 0 Å². The van der Waals surface area contributed by atoms with Gasteiger partial charge in [0.25, 0.3) is 0 Å². The maximum Gasteiger partial charge on any atom is 0.163 e. The smallest absolute Gasteiger partial charge is 0.163 e. The van der Waals surface area contributed by atoms with Gasteiger partial charge in [0.05, 0.1) is 18.4 Å². The van der Waals surface area contributed by atoms with E-state index in [2.05, 4.69) is 4.98 Å². The zero-order valence-corrected chi connectivity index (χ0v) is 14.3. The normalized spacial score (nSPS) is 10.4. The van der Waals surface area contributed by atoms with E-state index in [4.69, 9.17) is 9.47 Å². The van der Waals surface area contributed by atoms with Crippen molar-refractivity contribution in [3.8, 4) is 22.1 Å². The summed E-state index contributed by atoms with van der Waals surface area (Å²) >= 11 is 1.56. The predicted molar refractivity (Wildman–Crippen MR) is 94.9 cm³/mol. The third-order valence-electron chi connectivity index (χ3n) is 3.53. The number of benzene rings is 2. The summed E-state index contributed by atoms with van der Waals surface area (Å²) in [5.41, 5.74) is 2.46. The highest BCUT2D eigenvalue weighted by atomic mass is 32.1. The molecule has 0 N–H and O–H groups in total. The molecule has 1 aromatic heterocycles. The number of aromatic nitrogens is 1. The van der Waals surface area contributed by atoms with Gasteiger partial charge in [-0.1, -0.05) is 12.1 Å². The highest BCUT2D eigenvalue weighted by Crippen LogP contribution is 2.26. The molecule has 0 fully saturated rings. The molecule has 2 aromatic carbocycles. The van der Waals surface area contributed by atoms with Crippen LogP contribution in [0.3, 0.4) is 0 Å². The van der Waals surface area contributed by atoms with Gasteiger partial charge in [0.2, 0.25) is 0 Å². The second-order valence-corrected chi connectivity index (χ2v) is 6.07. The number of thiazole rings is 1. The molecule has 0 saturated carbocycles. The molecule has 0 bridgehead atoms. The molecule has 3 rings (SSSR count). The number of para-hydroxylation sites is 1. The maximum absolute atomic E-state index is 11.6. The number of methoxy groups -OCH3 is 1. The Kier molecular flexibility index (Phi) is 4.91. The fourth-order valence-corrected chi connectivity index (χ4v) is 3.09. The van der Waals surface area contributed by atoms with Gasteiger partial charge in [0, 0.05) is 10.9 Å². The van der Waals surface area contributed by atoms with Crippen LogP contribution in [0.2, 0.25) is 0 Å². The van der Waals surface area contributed by atoms with Gasteiger partial charge in [-0.25, -0.2) is 4.98 Å².